The molecule has 1 aliphatic rings. The van der Waals surface area contributed by atoms with Gasteiger partial charge in [0.25, 0.3) is 5.91 Å². The lowest BCUT2D eigenvalue weighted by molar-refractivity contribution is -0.134. The van der Waals surface area contributed by atoms with Crippen LogP contribution in [-0.4, -0.2) is 69.4 Å². The van der Waals surface area contributed by atoms with E-state index in [1.807, 2.05) is 0 Å². The number of hydrogen-bond acceptors (Lipinski definition) is 6. The van der Waals surface area contributed by atoms with E-state index in [0.29, 0.717) is 11.3 Å². The van der Waals surface area contributed by atoms with Crippen molar-refractivity contribution in [3.05, 3.63) is 59.9 Å². The minimum Gasteiger partial charge on any atom is -0.484 e. The highest BCUT2D eigenvalue weighted by Crippen LogP contribution is 2.19. The molecule has 30 heavy (non-hydrogen) atoms. The van der Waals surface area contributed by atoms with Gasteiger partial charge in [-0.25, -0.2) is 17.6 Å². The smallest absolute Gasteiger partial charge is 0.337 e. The molecule has 0 N–H and O–H groups in total. The number of amides is 1. The number of carbonyl (C=O) groups is 2. The second-order valence-electron chi connectivity index (χ2n) is 6.55. The van der Waals surface area contributed by atoms with Crippen LogP contribution in [0.3, 0.4) is 0 Å². The number of hydrogen-bond donors (Lipinski definition) is 0. The number of esters is 1. The molecule has 2 aromatic carbocycles. The molecule has 8 nitrogen and oxygen atoms in total. The van der Waals surface area contributed by atoms with Gasteiger partial charge >= 0.3 is 5.97 Å². The molecule has 10 heteroatoms. The van der Waals surface area contributed by atoms with Crippen LogP contribution in [-0.2, 0) is 19.6 Å². The molecule has 1 aliphatic heterocycles. The summed E-state index contributed by atoms with van der Waals surface area (Å²) >= 11 is 0. The lowest BCUT2D eigenvalue weighted by atomic mass is 10.2. The number of ether oxygens (including phenoxy) is 2. The van der Waals surface area contributed by atoms with E-state index in [4.69, 9.17) is 4.74 Å². The second-order valence-corrected chi connectivity index (χ2v) is 8.49. The van der Waals surface area contributed by atoms with E-state index in [1.54, 1.807) is 18.2 Å². The van der Waals surface area contributed by atoms with Crippen molar-refractivity contribution in [3.63, 3.8) is 0 Å². The molecule has 0 saturated carbocycles. The highest BCUT2D eigenvalue weighted by molar-refractivity contribution is 7.89. The molecular formula is C20H21FN2O6S. The molecule has 1 fully saturated rings. The lowest BCUT2D eigenvalue weighted by Crippen LogP contribution is -2.51. The first-order chi connectivity index (χ1) is 14.3. The van der Waals surface area contributed by atoms with Crippen molar-refractivity contribution >= 4 is 21.9 Å². The third-order valence-electron chi connectivity index (χ3n) is 4.64. The van der Waals surface area contributed by atoms with Gasteiger partial charge < -0.3 is 14.4 Å². The van der Waals surface area contributed by atoms with Crippen LogP contribution in [0.2, 0.25) is 0 Å². The molecule has 0 atom stereocenters. The summed E-state index contributed by atoms with van der Waals surface area (Å²) in [5.41, 5.74) is 0.304. The van der Waals surface area contributed by atoms with Gasteiger partial charge in [-0.3, -0.25) is 4.79 Å². The SMILES string of the molecule is COC(=O)c1cccc(OCC(=O)N2CCN(S(=O)(=O)c3cccc(F)c3)CC2)c1. The molecule has 0 unspecified atom stereocenters. The minimum absolute atomic E-state index is 0.0996. The van der Waals surface area contributed by atoms with Gasteiger partial charge in [-0.1, -0.05) is 12.1 Å². The van der Waals surface area contributed by atoms with Crippen molar-refractivity contribution in [2.75, 3.05) is 39.9 Å². The Balaban J connectivity index is 1.55. The van der Waals surface area contributed by atoms with Crippen LogP contribution in [0.4, 0.5) is 4.39 Å². The minimum atomic E-state index is -3.82. The molecule has 0 aliphatic carbocycles. The predicted octanol–water partition coefficient (Wildman–Crippen LogP) is 1.52. The summed E-state index contributed by atoms with van der Waals surface area (Å²) in [5.74, 6) is -1.10. The van der Waals surface area contributed by atoms with Crippen LogP contribution >= 0.6 is 0 Å². The van der Waals surface area contributed by atoms with Gasteiger partial charge in [0.15, 0.2) is 6.61 Å². The predicted molar refractivity (Wildman–Crippen MR) is 105 cm³/mol. The zero-order valence-electron chi connectivity index (χ0n) is 16.3. The molecule has 160 valence electrons. The molecule has 3 rings (SSSR count). The highest BCUT2D eigenvalue weighted by atomic mass is 32.2. The van der Waals surface area contributed by atoms with Crippen molar-refractivity contribution in [2.45, 2.75) is 4.90 Å². The molecule has 0 radical (unpaired) electrons. The molecule has 0 aromatic heterocycles. The average Bonchev–Trinajstić information content (AvgIpc) is 2.77. The third-order valence-corrected chi connectivity index (χ3v) is 6.54. The van der Waals surface area contributed by atoms with Crippen LogP contribution in [0, 0.1) is 5.82 Å². The number of rotatable bonds is 6. The summed E-state index contributed by atoms with van der Waals surface area (Å²) in [7, 11) is -2.55. The number of carbonyl (C=O) groups excluding carboxylic acids is 2. The molecular weight excluding hydrogens is 415 g/mol. The van der Waals surface area contributed by atoms with Crippen molar-refractivity contribution in [3.8, 4) is 5.75 Å². The maximum absolute atomic E-state index is 13.4. The second kappa shape index (κ2) is 9.23. The molecule has 1 amide bonds. The fraction of sp³-hybridized carbons (Fsp3) is 0.300. The summed E-state index contributed by atoms with van der Waals surface area (Å²) in [6.45, 7) is 0.337. The zero-order chi connectivity index (χ0) is 21.7. The van der Waals surface area contributed by atoms with Crippen LogP contribution in [0.5, 0.6) is 5.75 Å². The first-order valence-corrected chi connectivity index (χ1v) is 10.6. The van der Waals surface area contributed by atoms with Crippen LogP contribution in [0.15, 0.2) is 53.4 Å². The van der Waals surface area contributed by atoms with Gasteiger partial charge in [-0.15, -0.1) is 0 Å². The largest absolute Gasteiger partial charge is 0.484 e. The van der Waals surface area contributed by atoms with Crippen LogP contribution < -0.4 is 4.74 Å². The number of benzene rings is 2. The van der Waals surface area contributed by atoms with Gasteiger partial charge in [-0.05, 0) is 36.4 Å². The van der Waals surface area contributed by atoms with Crippen LogP contribution in [0.1, 0.15) is 10.4 Å². The fourth-order valence-corrected chi connectivity index (χ4v) is 4.48. The Morgan fingerprint density at radius 2 is 1.73 bits per heavy atom. The van der Waals surface area contributed by atoms with E-state index >= 15 is 0 Å². The first kappa shape index (κ1) is 21.7. The Morgan fingerprint density at radius 3 is 2.40 bits per heavy atom. The molecule has 1 saturated heterocycles. The van der Waals surface area contributed by atoms with Crippen LogP contribution in [0.25, 0.3) is 0 Å². The number of nitrogens with zero attached hydrogens (tertiary/aromatic N) is 2. The maximum atomic E-state index is 13.4. The molecule has 0 bridgehead atoms. The fourth-order valence-electron chi connectivity index (χ4n) is 3.02. The lowest BCUT2D eigenvalue weighted by Gasteiger charge is -2.34. The Labute approximate surface area is 173 Å². The monoisotopic (exact) mass is 436 g/mol. The van der Waals surface area contributed by atoms with E-state index in [2.05, 4.69) is 4.74 Å². The van der Waals surface area contributed by atoms with Gasteiger partial charge in [0.05, 0.1) is 17.6 Å². The summed E-state index contributed by atoms with van der Waals surface area (Å²) < 4.78 is 50.0. The topological polar surface area (TPSA) is 93.2 Å². The summed E-state index contributed by atoms with van der Waals surface area (Å²) in [6, 6.07) is 11.1. The van der Waals surface area contributed by atoms with E-state index in [-0.39, 0.29) is 43.6 Å². The highest BCUT2D eigenvalue weighted by Gasteiger charge is 2.30. The van der Waals surface area contributed by atoms with Gasteiger partial charge in [0.1, 0.15) is 11.6 Å². The molecule has 1 heterocycles. The van der Waals surface area contributed by atoms with Crippen molar-refractivity contribution in [2.24, 2.45) is 0 Å². The molecule has 0 spiro atoms. The summed E-state index contributed by atoms with van der Waals surface area (Å²) in [6.07, 6.45) is 0. The van der Waals surface area contributed by atoms with E-state index in [9.17, 15) is 22.4 Å². The average molecular weight is 436 g/mol. The summed E-state index contributed by atoms with van der Waals surface area (Å²) in [5, 5.41) is 0. The van der Waals surface area contributed by atoms with E-state index < -0.39 is 21.8 Å². The van der Waals surface area contributed by atoms with E-state index in [0.717, 1.165) is 6.07 Å². The number of piperazine rings is 1. The summed E-state index contributed by atoms with van der Waals surface area (Å²) in [4.78, 5) is 25.4. The Morgan fingerprint density at radius 1 is 1.03 bits per heavy atom. The molecule has 2 aromatic rings. The first-order valence-electron chi connectivity index (χ1n) is 9.16. The Bertz CT molecular complexity index is 1040. The van der Waals surface area contributed by atoms with E-state index in [1.165, 1.54) is 40.6 Å². The third kappa shape index (κ3) is 4.95. The van der Waals surface area contributed by atoms with Gasteiger partial charge in [0.2, 0.25) is 10.0 Å². The standard InChI is InChI=1S/C20H21FN2O6S/c1-28-20(25)15-4-2-6-17(12-15)29-14-19(24)22-8-10-23(11-9-22)30(26,27)18-7-3-5-16(21)13-18/h2-7,12-13H,8-11,14H2,1H3. The van der Waals surface area contributed by atoms with Crippen molar-refractivity contribution < 1.29 is 31.9 Å². The number of halogens is 1. The normalized spacial score (nSPS) is 14.9. The Hall–Kier alpha value is -2.98. The zero-order valence-corrected chi connectivity index (χ0v) is 17.1. The quantitative estimate of drug-likeness (QED) is 0.638. The van der Waals surface area contributed by atoms with Gasteiger partial charge in [-0.2, -0.15) is 4.31 Å². The van der Waals surface area contributed by atoms with Crippen molar-refractivity contribution in [1.29, 1.82) is 0 Å². The maximum Gasteiger partial charge on any atom is 0.337 e. The van der Waals surface area contributed by atoms with Gasteiger partial charge in [0, 0.05) is 26.2 Å². The number of methoxy groups -OCH3 is 1. The Kier molecular flexibility index (Phi) is 6.68. The van der Waals surface area contributed by atoms with Crippen molar-refractivity contribution in [1.82, 2.24) is 9.21 Å². The number of sulfonamides is 1.